The Morgan fingerprint density at radius 3 is 2.80 bits per heavy atom. The highest BCUT2D eigenvalue weighted by Gasteiger charge is 2.34. The number of thioether (sulfide) groups is 1. The lowest BCUT2D eigenvalue weighted by Gasteiger charge is -2.37. The molecule has 3 nitrogen and oxygen atoms in total. The summed E-state index contributed by atoms with van der Waals surface area (Å²) < 4.78 is 0. The van der Waals surface area contributed by atoms with E-state index in [-0.39, 0.29) is 11.3 Å². The molecule has 0 bridgehead atoms. The maximum atomic E-state index is 11.1. The van der Waals surface area contributed by atoms with Crippen molar-refractivity contribution in [1.82, 2.24) is 0 Å². The predicted octanol–water partition coefficient (Wildman–Crippen LogP) is 2.07. The van der Waals surface area contributed by atoms with Gasteiger partial charge < -0.3 is 10.0 Å². The summed E-state index contributed by atoms with van der Waals surface area (Å²) in [6, 6.07) is 7.93. The summed E-state index contributed by atoms with van der Waals surface area (Å²) >= 11 is 1.44. The first-order valence-electron chi connectivity index (χ1n) is 4.82. The van der Waals surface area contributed by atoms with Crippen molar-refractivity contribution in [2.24, 2.45) is 0 Å². The molecule has 15 heavy (non-hydrogen) atoms. The average Bonchev–Trinajstić information content (AvgIpc) is 2.23. The van der Waals surface area contributed by atoms with Crippen LogP contribution in [0.25, 0.3) is 0 Å². The minimum atomic E-state index is -0.742. The second-order valence-electron chi connectivity index (χ2n) is 3.70. The van der Waals surface area contributed by atoms with Gasteiger partial charge in [-0.1, -0.05) is 12.1 Å². The SMILES string of the molecule is CC1C(C(=O)O)Sc2ccccc2N1C. The van der Waals surface area contributed by atoms with Crippen molar-refractivity contribution in [1.29, 1.82) is 0 Å². The van der Waals surface area contributed by atoms with Gasteiger partial charge in [0.2, 0.25) is 0 Å². The van der Waals surface area contributed by atoms with Crippen LogP contribution in [0.5, 0.6) is 0 Å². The lowest BCUT2D eigenvalue weighted by Crippen LogP contribution is -2.44. The van der Waals surface area contributed by atoms with E-state index in [4.69, 9.17) is 5.11 Å². The topological polar surface area (TPSA) is 40.5 Å². The maximum Gasteiger partial charge on any atom is 0.319 e. The van der Waals surface area contributed by atoms with Crippen molar-refractivity contribution in [3.05, 3.63) is 24.3 Å². The molecule has 1 aromatic carbocycles. The zero-order valence-electron chi connectivity index (χ0n) is 8.68. The average molecular weight is 223 g/mol. The first kappa shape index (κ1) is 10.4. The van der Waals surface area contributed by atoms with Crippen LogP contribution < -0.4 is 4.90 Å². The molecule has 2 rings (SSSR count). The Hall–Kier alpha value is -1.16. The summed E-state index contributed by atoms with van der Waals surface area (Å²) in [5, 5.41) is 8.72. The highest BCUT2D eigenvalue weighted by atomic mass is 32.2. The third kappa shape index (κ3) is 1.69. The van der Waals surface area contributed by atoms with Gasteiger partial charge in [-0.05, 0) is 19.1 Å². The number of anilines is 1. The molecule has 0 spiro atoms. The van der Waals surface area contributed by atoms with Gasteiger partial charge in [-0.3, -0.25) is 4.79 Å². The van der Waals surface area contributed by atoms with Crippen LogP contribution in [0, 0.1) is 0 Å². The summed E-state index contributed by atoms with van der Waals surface area (Å²) in [6.45, 7) is 1.95. The van der Waals surface area contributed by atoms with E-state index in [2.05, 4.69) is 0 Å². The van der Waals surface area contributed by atoms with Crippen LogP contribution in [0.2, 0.25) is 0 Å². The molecule has 0 amide bonds. The van der Waals surface area contributed by atoms with E-state index >= 15 is 0 Å². The van der Waals surface area contributed by atoms with E-state index in [9.17, 15) is 4.79 Å². The molecule has 4 heteroatoms. The van der Waals surface area contributed by atoms with Crippen molar-refractivity contribution < 1.29 is 9.90 Å². The Balaban J connectivity index is 2.41. The highest BCUT2D eigenvalue weighted by Crippen LogP contribution is 2.40. The summed E-state index contributed by atoms with van der Waals surface area (Å²) in [6.07, 6.45) is 0. The Labute approximate surface area is 93.1 Å². The van der Waals surface area contributed by atoms with E-state index in [0.29, 0.717) is 0 Å². The van der Waals surface area contributed by atoms with Gasteiger partial charge in [-0.25, -0.2) is 0 Å². The molecule has 1 aliphatic heterocycles. The smallest absolute Gasteiger partial charge is 0.319 e. The van der Waals surface area contributed by atoms with Crippen LogP contribution in [-0.4, -0.2) is 29.4 Å². The Kier molecular flexibility index (Phi) is 2.61. The van der Waals surface area contributed by atoms with E-state index in [1.807, 2.05) is 43.1 Å². The minimum Gasteiger partial charge on any atom is -0.480 e. The van der Waals surface area contributed by atoms with Crippen LogP contribution in [0.1, 0.15) is 6.92 Å². The van der Waals surface area contributed by atoms with Gasteiger partial charge in [0.25, 0.3) is 0 Å². The number of aliphatic carboxylic acids is 1. The van der Waals surface area contributed by atoms with Crippen molar-refractivity contribution in [3.8, 4) is 0 Å². The molecule has 1 heterocycles. The molecule has 2 unspecified atom stereocenters. The first-order chi connectivity index (χ1) is 7.11. The lowest BCUT2D eigenvalue weighted by molar-refractivity contribution is -0.136. The van der Waals surface area contributed by atoms with E-state index < -0.39 is 5.97 Å². The van der Waals surface area contributed by atoms with Gasteiger partial charge in [-0.15, -0.1) is 11.8 Å². The van der Waals surface area contributed by atoms with E-state index in [0.717, 1.165) is 10.6 Å². The van der Waals surface area contributed by atoms with Crippen molar-refractivity contribution >= 4 is 23.4 Å². The minimum absolute atomic E-state index is 0.0161. The Morgan fingerprint density at radius 2 is 2.13 bits per heavy atom. The van der Waals surface area contributed by atoms with Crippen molar-refractivity contribution in [3.63, 3.8) is 0 Å². The first-order valence-corrected chi connectivity index (χ1v) is 5.70. The molecule has 0 radical (unpaired) electrons. The summed E-state index contributed by atoms with van der Waals surface area (Å²) in [4.78, 5) is 14.2. The third-order valence-corrected chi connectivity index (χ3v) is 4.24. The molecule has 1 aromatic rings. The Morgan fingerprint density at radius 1 is 1.47 bits per heavy atom. The van der Waals surface area contributed by atoms with Crippen LogP contribution >= 0.6 is 11.8 Å². The molecule has 0 aromatic heterocycles. The number of benzene rings is 1. The monoisotopic (exact) mass is 223 g/mol. The highest BCUT2D eigenvalue weighted by molar-refractivity contribution is 8.00. The zero-order chi connectivity index (χ0) is 11.0. The second kappa shape index (κ2) is 3.77. The quantitative estimate of drug-likeness (QED) is 0.791. The van der Waals surface area contributed by atoms with Crippen LogP contribution in [0.3, 0.4) is 0 Å². The molecule has 80 valence electrons. The van der Waals surface area contributed by atoms with Gasteiger partial charge >= 0.3 is 5.97 Å². The standard InChI is InChI=1S/C11H13NO2S/c1-7-10(11(13)14)15-9-6-4-3-5-8(9)12(7)2/h3-7,10H,1-2H3,(H,13,14). The number of carbonyl (C=O) groups is 1. The number of nitrogens with zero attached hydrogens (tertiary/aromatic N) is 1. The van der Waals surface area contributed by atoms with Crippen molar-refractivity contribution in [2.45, 2.75) is 23.1 Å². The molecular weight excluding hydrogens is 210 g/mol. The predicted molar refractivity (Wildman–Crippen MR) is 61.6 cm³/mol. The van der Waals surface area contributed by atoms with Gasteiger partial charge in [0, 0.05) is 18.0 Å². The third-order valence-electron chi connectivity index (χ3n) is 2.79. The number of rotatable bonds is 1. The molecule has 0 saturated carbocycles. The van der Waals surface area contributed by atoms with E-state index in [1.54, 1.807) is 0 Å². The molecule has 0 aliphatic carbocycles. The largest absolute Gasteiger partial charge is 0.480 e. The molecule has 0 saturated heterocycles. The fourth-order valence-corrected chi connectivity index (χ4v) is 3.01. The summed E-state index contributed by atoms with van der Waals surface area (Å²) in [7, 11) is 1.94. The molecule has 1 N–H and O–H groups in total. The van der Waals surface area contributed by atoms with Crippen molar-refractivity contribution in [2.75, 3.05) is 11.9 Å². The number of carboxylic acids is 1. The number of para-hydroxylation sites is 1. The van der Waals surface area contributed by atoms with Crippen LogP contribution in [0.4, 0.5) is 5.69 Å². The normalized spacial score (nSPS) is 24.8. The zero-order valence-corrected chi connectivity index (χ0v) is 9.49. The number of fused-ring (bicyclic) bond motifs is 1. The molecule has 0 fully saturated rings. The van der Waals surface area contributed by atoms with Crippen LogP contribution in [0.15, 0.2) is 29.2 Å². The lowest BCUT2D eigenvalue weighted by atomic mass is 10.1. The fourth-order valence-electron chi connectivity index (χ4n) is 1.76. The van der Waals surface area contributed by atoms with E-state index in [1.165, 1.54) is 11.8 Å². The number of hydrogen-bond acceptors (Lipinski definition) is 3. The number of carboxylic acid groups (broad SMARTS) is 1. The summed E-state index contributed by atoms with van der Waals surface area (Å²) in [5.41, 5.74) is 1.12. The Bertz CT molecular complexity index is 394. The molecular formula is C11H13NO2S. The molecule has 2 atom stereocenters. The second-order valence-corrected chi connectivity index (χ2v) is 4.88. The number of hydrogen-bond donors (Lipinski definition) is 1. The van der Waals surface area contributed by atoms with Gasteiger partial charge in [0.1, 0.15) is 5.25 Å². The van der Waals surface area contributed by atoms with Gasteiger partial charge in [-0.2, -0.15) is 0 Å². The fraction of sp³-hybridized carbons (Fsp3) is 0.364. The van der Waals surface area contributed by atoms with Gasteiger partial charge in [0.05, 0.1) is 5.69 Å². The van der Waals surface area contributed by atoms with Crippen LogP contribution in [-0.2, 0) is 4.79 Å². The molecule has 1 aliphatic rings. The van der Waals surface area contributed by atoms with Gasteiger partial charge in [0.15, 0.2) is 0 Å². The summed E-state index contributed by atoms with van der Waals surface area (Å²) in [5.74, 6) is -0.742. The maximum absolute atomic E-state index is 11.1.